The molecule has 0 spiro atoms. The molecule has 1 unspecified atom stereocenters. The molecule has 5 nitrogen and oxygen atoms in total. The molecule has 1 N–H and O–H groups in total. The number of hydrogen-bond acceptors (Lipinski definition) is 3. The van der Waals surface area contributed by atoms with Crippen molar-refractivity contribution in [2.45, 2.75) is 29.7 Å². The molecule has 1 aliphatic rings. The van der Waals surface area contributed by atoms with Gasteiger partial charge in [0.15, 0.2) is 0 Å². The topological polar surface area (TPSA) is 66.5 Å². The molecule has 1 aliphatic heterocycles. The maximum atomic E-state index is 13.5. The van der Waals surface area contributed by atoms with Gasteiger partial charge in [-0.2, -0.15) is 0 Å². The van der Waals surface area contributed by atoms with E-state index < -0.39 is 10.8 Å². The van der Waals surface area contributed by atoms with Crippen molar-refractivity contribution in [3.63, 3.8) is 0 Å². The van der Waals surface area contributed by atoms with Gasteiger partial charge in [-0.15, -0.1) is 0 Å². The number of benzene rings is 3. The van der Waals surface area contributed by atoms with Gasteiger partial charge < -0.3 is 10.2 Å². The van der Waals surface area contributed by atoms with Gasteiger partial charge in [-0.05, 0) is 54.4 Å². The first kappa shape index (κ1) is 21.3. The van der Waals surface area contributed by atoms with E-state index in [2.05, 4.69) is 5.32 Å². The van der Waals surface area contributed by atoms with Gasteiger partial charge >= 0.3 is 0 Å². The van der Waals surface area contributed by atoms with Crippen LogP contribution in [0.25, 0.3) is 0 Å². The van der Waals surface area contributed by atoms with E-state index in [4.69, 9.17) is 11.6 Å². The number of anilines is 1. The van der Waals surface area contributed by atoms with Crippen molar-refractivity contribution in [1.82, 2.24) is 5.32 Å². The monoisotopic (exact) mass is 452 g/mol. The van der Waals surface area contributed by atoms with Crippen LogP contribution in [-0.4, -0.2) is 22.6 Å². The van der Waals surface area contributed by atoms with Gasteiger partial charge in [-0.3, -0.25) is 9.59 Å². The van der Waals surface area contributed by atoms with Crippen LogP contribution in [0.15, 0.2) is 76.5 Å². The predicted octanol–water partition coefficient (Wildman–Crippen LogP) is 4.81. The van der Waals surface area contributed by atoms with Crippen molar-refractivity contribution in [1.29, 1.82) is 0 Å². The highest BCUT2D eigenvalue weighted by molar-refractivity contribution is 7.85. The summed E-state index contributed by atoms with van der Waals surface area (Å²) in [4.78, 5) is 28.6. The minimum absolute atomic E-state index is 0.226. The van der Waals surface area contributed by atoms with E-state index in [-0.39, 0.29) is 18.4 Å². The molecule has 1 atom stereocenters. The Morgan fingerprint density at radius 1 is 1.03 bits per heavy atom. The van der Waals surface area contributed by atoms with Crippen molar-refractivity contribution in [3.8, 4) is 0 Å². The second-order valence-electron chi connectivity index (χ2n) is 7.22. The molecule has 0 saturated heterocycles. The quantitative estimate of drug-likeness (QED) is 0.604. The maximum Gasteiger partial charge on any atom is 0.259 e. The van der Waals surface area contributed by atoms with Crippen LogP contribution in [0.1, 0.15) is 39.6 Å². The predicted molar refractivity (Wildman–Crippen MR) is 122 cm³/mol. The molecule has 0 aromatic heterocycles. The molecule has 0 fully saturated rings. The van der Waals surface area contributed by atoms with Crippen LogP contribution in [0.2, 0.25) is 5.02 Å². The summed E-state index contributed by atoms with van der Waals surface area (Å²) in [5.74, 6) is -0.486. The van der Waals surface area contributed by atoms with Crippen molar-refractivity contribution >= 4 is 39.9 Å². The van der Waals surface area contributed by atoms with Crippen LogP contribution in [-0.2, 0) is 17.3 Å². The number of hydrogen-bond donors (Lipinski definition) is 1. The van der Waals surface area contributed by atoms with Gasteiger partial charge in [0, 0.05) is 17.1 Å². The minimum Gasteiger partial charge on any atom is -0.352 e. The summed E-state index contributed by atoms with van der Waals surface area (Å²) in [5.41, 5.74) is 2.15. The number of nitrogens with one attached hydrogen (secondary N) is 1. The van der Waals surface area contributed by atoms with Crippen molar-refractivity contribution in [2.75, 3.05) is 11.4 Å². The molecule has 31 heavy (non-hydrogen) atoms. The maximum absolute atomic E-state index is 13.5. The van der Waals surface area contributed by atoms with Crippen LogP contribution < -0.4 is 10.2 Å². The molecule has 0 saturated carbocycles. The summed E-state index contributed by atoms with van der Waals surface area (Å²) in [6.45, 7) is 2.79. The molecule has 0 bridgehead atoms. The van der Waals surface area contributed by atoms with Crippen LogP contribution in [0.4, 0.5) is 5.69 Å². The number of halogens is 1. The van der Waals surface area contributed by atoms with Crippen LogP contribution in [0, 0.1) is 0 Å². The highest BCUT2D eigenvalue weighted by Crippen LogP contribution is 2.36. The Morgan fingerprint density at radius 3 is 2.52 bits per heavy atom. The molecule has 0 radical (unpaired) electrons. The van der Waals surface area contributed by atoms with Crippen LogP contribution in [0.5, 0.6) is 0 Å². The Labute approximate surface area is 188 Å². The van der Waals surface area contributed by atoms with E-state index >= 15 is 0 Å². The summed E-state index contributed by atoms with van der Waals surface area (Å²) >= 11 is 6.01. The Hall–Kier alpha value is -2.96. The Balaban J connectivity index is 1.84. The first-order valence-corrected chi connectivity index (χ1v) is 11.5. The second kappa shape index (κ2) is 9.04. The van der Waals surface area contributed by atoms with Gasteiger partial charge in [0.25, 0.3) is 11.8 Å². The molecule has 3 aromatic rings. The van der Waals surface area contributed by atoms with E-state index in [9.17, 15) is 13.8 Å². The fourth-order valence-electron chi connectivity index (χ4n) is 3.47. The molecular formula is C24H21ClN2O3S. The zero-order valence-corrected chi connectivity index (χ0v) is 18.5. The normalized spacial score (nSPS) is 15.1. The fraction of sp³-hybridized carbons (Fsp3) is 0.167. The molecule has 2 amide bonds. The minimum atomic E-state index is -1.55. The fourth-order valence-corrected chi connectivity index (χ4v) is 4.95. The highest BCUT2D eigenvalue weighted by Gasteiger charge is 2.31. The lowest BCUT2D eigenvalue weighted by Gasteiger charge is -2.23. The van der Waals surface area contributed by atoms with E-state index in [1.54, 1.807) is 59.5 Å². The van der Waals surface area contributed by atoms with Crippen molar-refractivity contribution < 1.29 is 13.8 Å². The standard InChI is InChI=1S/C24H21ClN2O3S/c1-2-13-26-23(28)17-9-12-22-20(14-17)27(15-16-7-10-18(25)11-8-16)24(29)19-5-3-4-6-21(19)31(22)30/h3-12,14H,2,13,15H2,1H3,(H,26,28). The Morgan fingerprint density at radius 2 is 1.77 bits per heavy atom. The third-order valence-electron chi connectivity index (χ3n) is 5.06. The van der Waals surface area contributed by atoms with E-state index in [1.807, 2.05) is 19.1 Å². The van der Waals surface area contributed by atoms with Crippen LogP contribution in [0.3, 0.4) is 0 Å². The van der Waals surface area contributed by atoms with Crippen LogP contribution >= 0.6 is 11.6 Å². The van der Waals surface area contributed by atoms with Gasteiger partial charge in [0.05, 0.1) is 38.4 Å². The summed E-state index contributed by atoms with van der Waals surface area (Å²) in [7, 11) is -1.55. The van der Waals surface area contributed by atoms with Gasteiger partial charge in [-0.1, -0.05) is 42.8 Å². The summed E-state index contributed by atoms with van der Waals surface area (Å²) < 4.78 is 13.4. The zero-order valence-electron chi connectivity index (χ0n) is 16.9. The molecule has 4 rings (SSSR count). The zero-order chi connectivity index (χ0) is 22.0. The molecule has 1 heterocycles. The molecule has 3 aromatic carbocycles. The van der Waals surface area contributed by atoms with Crippen molar-refractivity contribution in [3.05, 3.63) is 88.4 Å². The van der Waals surface area contributed by atoms with Crippen molar-refractivity contribution in [2.24, 2.45) is 0 Å². The lowest BCUT2D eigenvalue weighted by Crippen LogP contribution is -2.31. The first-order valence-electron chi connectivity index (χ1n) is 9.99. The third-order valence-corrected chi connectivity index (χ3v) is 6.82. The average Bonchev–Trinajstić information content (AvgIpc) is 2.88. The molecule has 0 aliphatic carbocycles. The largest absolute Gasteiger partial charge is 0.352 e. The second-order valence-corrected chi connectivity index (χ2v) is 9.07. The Bertz CT molecular complexity index is 1180. The summed E-state index contributed by atoms with van der Waals surface area (Å²) in [6.07, 6.45) is 0.817. The number of nitrogens with zero attached hydrogens (tertiary/aromatic N) is 1. The number of carbonyl (C=O) groups is 2. The summed E-state index contributed by atoms with van der Waals surface area (Å²) in [6, 6.07) is 19.1. The lowest BCUT2D eigenvalue weighted by molar-refractivity contribution is 0.0950. The molecule has 158 valence electrons. The number of rotatable bonds is 5. The summed E-state index contributed by atoms with van der Waals surface area (Å²) in [5, 5.41) is 3.45. The van der Waals surface area contributed by atoms with Gasteiger partial charge in [-0.25, -0.2) is 4.21 Å². The highest BCUT2D eigenvalue weighted by atomic mass is 35.5. The van der Waals surface area contributed by atoms with Gasteiger partial charge in [0.2, 0.25) is 0 Å². The third kappa shape index (κ3) is 4.27. The van der Waals surface area contributed by atoms with E-state index in [1.165, 1.54) is 0 Å². The molecular weight excluding hydrogens is 432 g/mol. The van der Waals surface area contributed by atoms with E-state index in [0.29, 0.717) is 38.2 Å². The molecule has 7 heteroatoms. The SMILES string of the molecule is CCCNC(=O)c1ccc2c(c1)N(Cc1ccc(Cl)cc1)C(=O)c1ccccc1S2=O. The lowest BCUT2D eigenvalue weighted by atomic mass is 10.1. The average molecular weight is 453 g/mol. The smallest absolute Gasteiger partial charge is 0.259 e. The Kier molecular flexibility index (Phi) is 6.20. The number of fused-ring (bicyclic) bond motifs is 2. The first-order chi connectivity index (χ1) is 15.0. The van der Waals surface area contributed by atoms with Gasteiger partial charge in [0.1, 0.15) is 0 Å². The number of carbonyl (C=O) groups excluding carboxylic acids is 2. The van der Waals surface area contributed by atoms with E-state index in [0.717, 1.165) is 12.0 Å². The number of amides is 2.